The molecule has 0 aliphatic carbocycles. The molecule has 0 saturated carbocycles. The molecule has 1 unspecified atom stereocenters. The number of benzene rings is 2. The topological polar surface area (TPSA) is 49.4 Å². The predicted molar refractivity (Wildman–Crippen MR) is 108 cm³/mol. The smallest absolute Gasteiger partial charge is 0.266 e. The molecule has 0 aromatic heterocycles. The number of likely N-dealkylation sites (tertiary alicyclic amines) is 1. The number of carbonyl (C=O) groups is 2. The van der Waals surface area contributed by atoms with Gasteiger partial charge in [-0.1, -0.05) is 39.1 Å². The number of anilines is 1. The van der Waals surface area contributed by atoms with Crippen molar-refractivity contribution in [3.63, 3.8) is 0 Å². The molecule has 1 aliphatic rings. The fourth-order valence-electron chi connectivity index (χ4n) is 3.08. The van der Waals surface area contributed by atoms with E-state index < -0.39 is 42.4 Å². The zero-order chi connectivity index (χ0) is 21.3. The second-order valence-electron chi connectivity index (χ2n) is 6.68. The van der Waals surface area contributed by atoms with E-state index in [2.05, 4.69) is 21.2 Å². The Bertz CT molecular complexity index is 974. The van der Waals surface area contributed by atoms with E-state index in [9.17, 15) is 22.8 Å². The SMILES string of the molecule is O=C(Nc1ccc(Cl)c(Cl)c1)C1CN(C(=O)c2cc(Br)ccc2F)CC(F)(F)C1. The predicted octanol–water partition coefficient (Wildman–Crippen LogP) is 5.63. The summed E-state index contributed by atoms with van der Waals surface area (Å²) >= 11 is 14.8. The van der Waals surface area contributed by atoms with Gasteiger partial charge in [-0.2, -0.15) is 0 Å². The third kappa shape index (κ3) is 5.24. The molecule has 1 heterocycles. The van der Waals surface area contributed by atoms with Gasteiger partial charge in [0.05, 0.1) is 28.1 Å². The van der Waals surface area contributed by atoms with Crippen LogP contribution in [0, 0.1) is 11.7 Å². The van der Waals surface area contributed by atoms with E-state index in [-0.39, 0.29) is 27.8 Å². The second-order valence-corrected chi connectivity index (χ2v) is 8.42. The van der Waals surface area contributed by atoms with Crippen LogP contribution in [0.4, 0.5) is 18.9 Å². The summed E-state index contributed by atoms with van der Waals surface area (Å²) in [5.41, 5.74) is -0.0603. The van der Waals surface area contributed by atoms with E-state index in [1.165, 1.54) is 30.3 Å². The van der Waals surface area contributed by atoms with Gasteiger partial charge >= 0.3 is 0 Å². The van der Waals surface area contributed by atoms with Gasteiger partial charge in [0.15, 0.2) is 0 Å². The lowest BCUT2D eigenvalue weighted by atomic mass is 9.93. The molecule has 1 atom stereocenters. The van der Waals surface area contributed by atoms with E-state index in [1.807, 2.05) is 0 Å². The third-order valence-corrected chi connectivity index (χ3v) is 5.64. The minimum absolute atomic E-state index is 0.195. The average molecular weight is 510 g/mol. The molecule has 2 aromatic rings. The van der Waals surface area contributed by atoms with Gasteiger partial charge in [0, 0.05) is 23.1 Å². The van der Waals surface area contributed by atoms with E-state index in [4.69, 9.17) is 23.2 Å². The number of rotatable bonds is 3. The summed E-state index contributed by atoms with van der Waals surface area (Å²) in [6.45, 7) is -1.16. The Hall–Kier alpha value is -1.77. The molecule has 1 aliphatic heterocycles. The Labute approximate surface area is 183 Å². The summed E-state index contributed by atoms with van der Waals surface area (Å²) in [6.07, 6.45) is -0.731. The Morgan fingerprint density at radius 3 is 2.55 bits per heavy atom. The monoisotopic (exact) mass is 508 g/mol. The van der Waals surface area contributed by atoms with Gasteiger partial charge in [-0.25, -0.2) is 13.2 Å². The van der Waals surface area contributed by atoms with Crippen molar-refractivity contribution in [1.29, 1.82) is 0 Å². The first-order chi connectivity index (χ1) is 13.6. The summed E-state index contributed by atoms with van der Waals surface area (Å²) in [5, 5.41) is 2.98. The van der Waals surface area contributed by atoms with E-state index in [0.717, 1.165) is 11.0 Å². The first-order valence-electron chi connectivity index (χ1n) is 8.44. The van der Waals surface area contributed by atoms with Crippen LogP contribution in [0.25, 0.3) is 0 Å². The average Bonchev–Trinajstić information content (AvgIpc) is 2.64. The van der Waals surface area contributed by atoms with Crippen LogP contribution in [0.5, 0.6) is 0 Å². The van der Waals surface area contributed by atoms with Crippen molar-refractivity contribution in [1.82, 2.24) is 4.90 Å². The normalized spacial score (nSPS) is 18.4. The number of amides is 2. The molecule has 29 heavy (non-hydrogen) atoms. The van der Waals surface area contributed by atoms with Gasteiger partial charge in [0.2, 0.25) is 5.91 Å². The number of alkyl halides is 2. The van der Waals surface area contributed by atoms with Crippen LogP contribution in [0.15, 0.2) is 40.9 Å². The van der Waals surface area contributed by atoms with E-state index >= 15 is 0 Å². The number of piperidine rings is 1. The Morgan fingerprint density at radius 2 is 1.86 bits per heavy atom. The summed E-state index contributed by atoms with van der Waals surface area (Å²) in [4.78, 5) is 26.0. The highest BCUT2D eigenvalue weighted by molar-refractivity contribution is 9.10. The summed E-state index contributed by atoms with van der Waals surface area (Å²) < 4.78 is 43.0. The molecule has 4 nitrogen and oxygen atoms in total. The Morgan fingerprint density at radius 1 is 1.14 bits per heavy atom. The zero-order valence-electron chi connectivity index (χ0n) is 14.7. The highest BCUT2D eigenvalue weighted by atomic mass is 79.9. The van der Waals surface area contributed by atoms with Crippen molar-refractivity contribution in [2.24, 2.45) is 5.92 Å². The lowest BCUT2D eigenvalue weighted by Gasteiger charge is -2.37. The highest BCUT2D eigenvalue weighted by Gasteiger charge is 2.45. The summed E-state index contributed by atoms with van der Waals surface area (Å²) in [6, 6.07) is 8.00. The van der Waals surface area contributed by atoms with Gasteiger partial charge in [-0.3, -0.25) is 9.59 Å². The molecular formula is C19H14BrCl2F3N2O2. The molecule has 0 spiro atoms. The first kappa shape index (κ1) is 21.9. The molecule has 1 N–H and O–H groups in total. The standard InChI is InChI=1S/C19H14BrCl2F3N2O2/c20-11-1-4-16(23)13(5-11)18(29)27-8-10(7-19(24,25)9-27)17(28)26-12-2-3-14(21)15(22)6-12/h1-6,10H,7-9H2,(H,26,28). The molecule has 0 radical (unpaired) electrons. The maximum Gasteiger partial charge on any atom is 0.266 e. The lowest BCUT2D eigenvalue weighted by molar-refractivity contribution is -0.130. The molecule has 3 rings (SSSR count). The molecule has 2 amide bonds. The van der Waals surface area contributed by atoms with Gasteiger partial charge in [-0.05, 0) is 36.4 Å². The minimum Gasteiger partial charge on any atom is -0.332 e. The Kier molecular flexibility index (Phi) is 6.45. The molecule has 0 bridgehead atoms. The molecule has 154 valence electrons. The van der Waals surface area contributed by atoms with Crippen LogP contribution in [0.2, 0.25) is 10.0 Å². The number of nitrogens with one attached hydrogen (secondary N) is 1. The van der Waals surface area contributed by atoms with Crippen LogP contribution in [0.1, 0.15) is 16.8 Å². The minimum atomic E-state index is -3.30. The summed E-state index contributed by atoms with van der Waals surface area (Å²) in [5.74, 6) is -6.92. The van der Waals surface area contributed by atoms with Crippen molar-refractivity contribution >= 4 is 56.6 Å². The van der Waals surface area contributed by atoms with Gasteiger partial charge in [0.25, 0.3) is 11.8 Å². The van der Waals surface area contributed by atoms with Crippen molar-refractivity contribution in [2.75, 3.05) is 18.4 Å². The number of halogens is 6. The molecule has 1 fully saturated rings. The quantitative estimate of drug-likeness (QED) is 0.582. The molecule has 2 aromatic carbocycles. The first-order valence-corrected chi connectivity index (χ1v) is 9.99. The zero-order valence-corrected chi connectivity index (χ0v) is 17.8. The van der Waals surface area contributed by atoms with E-state index in [1.54, 1.807) is 0 Å². The van der Waals surface area contributed by atoms with Crippen LogP contribution < -0.4 is 5.32 Å². The fourth-order valence-corrected chi connectivity index (χ4v) is 3.74. The maximum atomic E-state index is 14.3. The largest absolute Gasteiger partial charge is 0.332 e. The number of hydrogen-bond donors (Lipinski definition) is 1. The van der Waals surface area contributed by atoms with Crippen LogP contribution in [-0.2, 0) is 4.79 Å². The van der Waals surface area contributed by atoms with Gasteiger partial charge in [0.1, 0.15) is 5.82 Å². The number of hydrogen-bond acceptors (Lipinski definition) is 2. The Balaban J connectivity index is 1.79. The second kappa shape index (κ2) is 8.53. The van der Waals surface area contributed by atoms with Crippen molar-refractivity contribution in [2.45, 2.75) is 12.3 Å². The van der Waals surface area contributed by atoms with Crippen molar-refractivity contribution in [3.05, 3.63) is 62.3 Å². The lowest BCUT2D eigenvalue weighted by Crippen LogP contribution is -2.52. The number of nitrogens with zero attached hydrogens (tertiary/aromatic N) is 1. The highest BCUT2D eigenvalue weighted by Crippen LogP contribution is 2.33. The fraction of sp³-hybridized carbons (Fsp3) is 0.263. The van der Waals surface area contributed by atoms with Gasteiger partial charge in [-0.15, -0.1) is 0 Å². The van der Waals surface area contributed by atoms with Crippen LogP contribution in [0.3, 0.4) is 0 Å². The van der Waals surface area contributed by atoms with E-state index in [0.29, 0.717) is 4.47 Å². The molecular weight excluding hydrogens is 496 g/mol. The van der Waals surface area contributed by atoms with Crippen molar-refractivity contribution < 1.29 is 22.8 Å². The third-order valence-electron chi connectivity index (χ3n) is 4.41. The number of carbonyl (C=O) groups excluding carboxylic acids is 2. The van der Waals surface area contributed by atoms with Crippen LogP contribution >= 0.6 is 39.1 Å². The van der Waals surface area contributed by atoms with Crippen LogP contribution in [-0.4, -0.2) is 35.7 Å². The van der Waals surface area contributed by atoms with Crippen molar-refractivity contribution in [3.8, 4) is 0 Å². The molecule has 1 saturated heterocycles. The summed E-state index contributed by atoms with van der Waals surface area (Å²) in [7, 11) is 0. The maximum absolute atomic E-state index is 14.3. The van der Waals surface area contributed by atoms with Gasteiger partial charge < -0.3 is 10.2 Å². The molecule has 10 heteroatoms.